The first kappa shape index (κ1) is 28.5. The molecule has 0 spiro atoms. The van der Waals surface area contributed by atoms with Gasteiger partial charge in [-0.1, -0.05) is 17.7 Å². The average Bonchev–Trinajstić information content (AvgIpc) is 2.88. The van der Waals surface area contributed by atoms with E-state index in [1.54, 1.807) is 80.8 Å². The summed E-state index contributed by atoms with van der Waals surface area (Å²) in [6, 6.07) is 18.4. The summed E-state index contributed by atoms with van der Waals surface area (Å²) in [6.45, 7) is 1.02. The summed E-state index contributed by atoms with van der Waals surface area (Å²) < 4.78 is 36.1. The largest absolute Gasteiger partial charge is 0.497 e. The Morgan fingerprint density at radius 2 is 1.66 bits per heavy atom. The van der Waals surface area contributed by atoms with Crippen LogP contribution in [0.1, 0.15) is 11.1 Å². The van der Waals surface area contributed by atoms with Crippen molar-refractivity contribution in [1.82, 2.24) is 5.43 Å². The molecule has 12 heteroatoms. The van der Waals surface area contributed by atoms with Crippen molar-refractivity contribution in [3.05, 3.63) is 82.9 Å². The molecule has 0 aliphatic heterocycles. The number of methoxy groups -OCH3 is 1. The lowest BCUT2D eigenvalue weighted by atomic mass is 10.2. The molecule has 200 valence electrons. The molecule has 2 amide bonds. The smallest absolute Gasteiger partial charge is 0.262 e. The molecule has 0 radical (unpaired) electrons. The van der Waals surface area contributed by atoms with Crippen molar-refractivity contribution in [2.24, 2.45) is 5.10 Å². The zero-order chi connectivity index (χ0) is 27.7. The number of carbonyl (C=O) groups is 2. The van der Waals surface area contributed by atoms with E-state index in [1.165, 1.54) is 6.21 Å². The average molecular weight is 559 g/mol. The minimum atomic E-state index is -3.75. The van der Waals surface area contributed by atoms with E-state index in [-0.39, 0.29) is 12.5 Å². The van der Waals surface area contributed by atoms with E-state index >= 15 is 0 Å². The first-order valence-electron chi connectivity index (χ1n) is 11.3. The SMILES string of the molecule is COc1ccc(NC(=O)COc2ccc(/C=N\NC(=O)CN(c3cccc(Cl)c3C)S(C)(=O)=O)cc2)cc1. The van der Waals surface area contributed by atoms with Gasteiger partial charge in [-0.25, -0.2) is 13.8 Å². The number of sulfonamides is 1. The maximum absolute atomic E-state index is 12.4. The number of benzene rings is 3. The predicted octanol–water partition coefficient (Wildman–Crippen LogP) is 3.59. The van der Waals surface area contributed by atoms with Crippen LogP contribution < -0.4 is 24.5 Å². The van der Waals surface area contributed by atoms with Crippen LogP contribution in [0.4, 0.5) is 11.4 Å². The lowest BCUT2D eigenvalue weighted by molar-refractivity contribution is -0.119. The summed E-state index contributed by atoms with van der Waals surface area (Å²) in [5.41, 5.74) is 4.44. The number of hydrogen-bond donors (Lipinski definition) is 2. The number of hydrazone groups is 1. The van der Waals surface area contributed by atoms with Crippen LogP contribution in [-0.2, 0) is 19.6 Å². The summed E-state index contributed by atoms with van der Waals surface area (Å²) in [5.74, 6) is 0.205. The Morgan fingerprint density at radius 3 is 2.29 bits per heavy atom. The number of halogens is 1. The van der Waals surface area contributed by atoms with Gasteiger partial charge in [0.2, 0.25) is 10.0 Å². The lowest BCUT2D eigenvalue weighted by Crippen LogP contribution is -2.39. The molecule has 0 atom stereocenters. The fraction of sp³-hybridized carbons (Fsp3) is 0.192. The van der Waals surface area contributed by atoms with Gasteiger partial charge in [-0.05, 0) is 78.7 Å². The van der Waals surface area contributed by atoms with Crippen LogP contribution in [0.5, 0.6) is 11.5 Å². The number of nitrogens with zero attached hydrogens (tertiary/aromatic N) is 2. The third kappa shape index (κ3) is 8.22. The molecule has 0 unspecified atom stereocenters. The van der Waals surface area contributed by atoms with Crippen molar-refractivity contribution in [2.45, 2.75) is 6.92 Å². The van der Waals surface area contributed by atoms with Gasteiger partial charge in [-0.2, -0.15) is 5.10 Å². The van der Waals surface area contributed by atoms with Gasteiger partial charge in [-0.3, -0.25) is 13.9 Å². The Labute approximate surface area is 226 Å². The van der Waals surface area contributed by atoms with Gasteiger partial charge in [0.05, 0.1) is 25.3 Å². The third-order valence-electron chi connectivity index (χ3n) is 5.22. The van der Waals surface area contributed by atoms with Crippen molar-refractivity contribution >= 4 is 51.0 Å². The van der Waals surface area contributed by atoms with Gasteiger partial charge < -0.3 is 14.8 Å². The zero-order valence-corrected chi connectivity index (χ0v) is 22.5. The van der Waals surface area contributed by atoms with E-state index in [1.807, 2.05) is 0 Å². The lowest BCUT2D eigenvalue weighted by Gasteiger charge is -2.23. The van der Waals surface area contributed by atoms with Gasteiger partial charge in [0.25, 0.3) is 11.8 Å². The number of anilines is 2. The van der Waals surface area contributed by atoms with Crippen LogP contribution in [0.3, 0.4) is 0 Å². The molecule has 0 aliphatic rings. The van der Waals surface area contributed by atoms with Gasteiger partial charge in [0, 0.05) is 10.7 Å². The van der Waals surface area contributed by atoms with E-state index in [2.05, 4.69) is 15.8 Å². The van der Waals surface area contributed by atoms with Crippen molar-refractivity contribution < 1.29 is 27.5 Å². The van der Waals surface area contributed by atoms with Crippen molar-refractivity contribution in [3.8, 4) is 11.5 Å². The van der Waals surface area contributed by atoms with Crippen molar-refractivity contribution in [1.29, 1.82) is 0 Å². The second-order valence-corrected chi connectivity index (χ2v) is 10.4. The monoisotopic (exact) mass is 558 g/mol. The molecular weight excluding hydrogens is 532 g/mol. The topological polar surface area (TPSA) is 126 Å². The summed E-state index contributed by atoms with van der Waals surface area (Å²) >= 11 is 6.11. The predicted molar refractivity (Wildman–Crippen MR) is 148 cm³/mol. The highest BCUT2D eigenvalue weighted by atomic mass is 35.5. The van der Waals surface area contributed by atoms with Crippen LogP contribution in [0.25, 0.3) is 0 Å². The highest BCUT2D eigenvalue weighted by Gasteiger charge is 2.23. The maximum atomic E-state index is 12.4. The van der Waals surface area contributed by atoms with Crippen LogP contribution in [0.2, 0.25) is 5.02 Å². The molecule has 0 saturated heterocycles. The molecule has 38 heavy (non-hydrogen) atoms. The minimum absolute atomic E-state index is 0.182. The van der Waals surface area contributed by atoms with Crippen LogP contribution in [-0.4, -0.2) is 53.0 Å². The first-order chi connectivity index (χ1) is 18.1. The molecule has 0 aliphatic carbocycles. The minimum Gasteiger partial charge on any atom is -0.497 e. The molecule has 0 aromatic heterocycles. The fourth-order valence-corrected chi connectivity index (χ4v) is 4.34. The Kier molecular flexibility index (Phi) is 9.69. The van der Waals surface area contributed by atoms with E-state index in [9.17, 15) is 18.0 Å². The highest BCUT2D eigenvalue weighted by molar-refractivity contribution is 7.92. The summed E-state index contributed by atoms with van der Waals surface area (Å²) in [4.78, 5) is 24.5. The number of hydrogen-bond acceptors (Lipinski definition) is 7. The number of rotatable bonds is 11. The third-order valence-corrected chi connectivity index (χ3v) is 6.76. The Bertz CT molecular complexity index is 1410. The summed E-state index contributed by atoms with van der Waals surface area (Å²) in [7, 11) is -2.19. The number of amides is 2. The molecule has 10 nitrogen and oxygen atoms in total. The Hall–Kier alpha value is -4.09. The highest BCUT2D eigenvalue weighted by Crippen LogP contribution is 2.28. The first-order valence-corrected chi connectivity index (χ1v) is 13.5. The number of nitrogens with one attached hydrogen (secondary N) is 2. The second-order valence-electron chi connectivity index (χ2n) is 8.08. The van der Waals surface area contributed by atoms with Gasteiger partial charge in [-0.15, -0.1) is 0 Å². The number of ether oxygens (including phenoxy) is 2. The molecule has 2 N–H and O–H groups in total. The molecule has 3 rings (SSSR count). The summed E-state index contributed by atoms with van der Waals surface area (Å²) in [5, 5.41) is 7.00. The van der Waals surface area contributed by atoms with Gasteiger partial charge >= 0.3 is 0 Å². The summed E-state index contributed by atoms with van der Waals surface area (Å²) in [6.07, 6.45) is 2.41. The van der Waals surface area contributed by atoms with Crippen LogP contribution >= 0.6 is 11.6 Å². The maximum Gasteiger partial charge on any atom is 0.262 e. The Morgan fingerprint density at radius 1 is 1.00 bits per heavy atom. The van der Waals surface area contributed by atoms with Crippen molar-refractivity contribution in [2.75, 3.05) is 36.1 Å². The molecule has 0 heterocycles. The standard InChI is InChI=1S/C26H27ClN4O6S/c1-18-23(27)5-4-6-24(18)31(38(3,34)35)16-25(32)30-28-15-19-7-11-22(12-8-19)37-17-26(33)29-20-9-13-21(36-2)14-10-20/h4-15H,16-17H2,1-3H3,(H,29,33)(H,30,32)/b28-15-. The molecular formula is C26H27ClN4O6S. The van der Waals surface area contributed by atoms with Crippen LogP contribution in [0.15, 0.2) is 71.8 Å². The van der Waals surface area contributed by atoms with Gasteiger partial charge in [0.1, 0.15) is 18.0 Å². The molecule has 3 aromatic rings. The normalized spacial score (nSPS) is 11.2. The van der Waals surface area contributed by atoms with E-state index in [0.717, 1.165) is 10.6 Å². The van der Waals surface area contributed by atoms with Crippen LogP contribution in [0, 0.1) is 6.92 Å². The second kappa shape index (κ2) is 12.9. The van der Waals surface area contributed by atoms with E-state index in [4.69, 9.17) is 21.1 Å². The molecule has 0 bridgehead atoms. The van der Waals surface area contributed by atoms with E-state index < -0.39 is 22.5 Å². The fourth-order valence-electron chi connectivity index (χ4n) is 3.26. The van der Waals surface area contributed by atoms with Gasteiger partial charge in [0.15, 0.2) is 6.61 Å². The van der Waals surface area contributed by atoms with Crippen molar-refractivity contribution in [3.63, 3.8) is 0 Å². The quantitative estimate of drug-likeness (QED) is 0.273. The Balaban J connectivity index is 1.50. The number of carbonyl (C=O) groups excluding carboxylic acids is 2. The molecule has 0 fully saturated rings. The van der Waals surface area contributed by atoms with E-state index in [0.29, 0.717) is 39.0 Å². The molecule has 3 aromatic carbocycles. The molecule has 0 saturated carbocycles. The zero-order valence-electron chi connectivity index (χ0n) is 21.0.